The number of allylic oxidation sites excluding steroid dienone is 4. The molecule has 0 aromatic heterocycles. The van der Waals surface area contributed by atoms with E-state index in [2.05, 4.69) is 38.2 Å². The van der Waals surface area contributed by atoms with Crippen LogP contribution in [0.25, 0.3) is 0 Å². The fraction of sp³-hybridized carbons (Fsp3) is 0.867. The first-order valence-electron chi connectivity index (χ1n) is 21.9. The van der Waals surface area contributed by atoms with Crippen LogP contribution in [0.4, 0.5) is 0 Å². The summed E-state index contributed by atoms with van der Waals surface area (Å²) in [5.74, 6) is -0.589. The number of hydrogen-bond donors (Lipinski definition) is 1. The Bertz CT molecular complexity index is 761. The second-order valence-electron chi connectivity index (χ2n) is 14.8. The normalized spacial score (nSPS) is 12.3. The van der Waals surface area contributed by atoms with Crippen molar-refractivity contribution in [2.45, 2.75) is 238 Å². The van der Waals surface area contributed by atoms with Crippen molar-refractivity contribution < 1.29 is 24.2 Å². The molecule has 0 heterocycles. The summed E-state index contributed by atoms with van der Waals surface area (Å²) in [4.78, 5) is 24.3. The van der Waals surface area contributed by atoms with Crippen LogP contribution < -0.4 is 0 Å². The summed E-state index contributed by atoms with van der Waals surface area (Å²) in [6.07, 6.45) is 49.6. The van der Waals surface area contributed by atoms with Gasteiger partial charge in [-0.3, -0.25) is 9.59 Å². The van der Waals surface area contributed by atoms with E-state index in [0.717, 1.165) is 51.4 Å². The lowest BCUT2D eigenvalue weighted by Gasteiger charge is -2.15. The lowest BCUT2D eigenvalue weighted by atomic mass is 10.0. The van der Waals surface area contributed by atoms with Gasteiger partial charge >= 0.3 is 11.9 Å². The predicted molar refractivity (Wildman–Crippen MR) is 215 cm³/mol. The summed E-state index contributed by atoms with van der Waals surface area (Å²) >= 11 is 0. The Morgan fingerprint density at radius 2 is 0.800 bits per heavy atom. The maximum absolute atomic E-state index is 12.2. The van der Waals surface area contributed by atoms with E-state index in [1.54, 1.807) is 0 Å². The lowest BCUT2D eigenvalue weighted by Crippen LogP contribution is -2.28. The lowest BCUT2D eigenvalue weighted by molar-refractivity contribution is -0.161. The summed E-state index contributed by atoms with van der Waals surface area (Å²) in [5, 5.41) is 9.58. The molecule has 0 rings (SSSR count). The Labute approximate surface area is 311 Å². The van der Waals surface area contributed by atoms with Crippen molar-refractivity contribution in [3.63, 3.8) is 0 Å². The first kappa shape index (κ1) is 48.4. The van der Waals surface area contributed by atoms with E-state index in [9.17, 15) is 14.7 Å². The standard InChI is InChI=1S/C45H84O5/c1-3-5-7-9-11-13-15-17-19-21-22-24-25-27-29-31-33-35-37-39-44(47)49-42-43(41-46)50-45(48)40-38-36-34-32-30-28-26-23-20-18-16-14-12-10-8-6-4-2/h12,14,18,20,43,46H,3-11,13,15-17,19,21-42H2,1-2H3/b14-12-,20-18-/t43-/m0/s1. The molecule has 0 bridgehead atoms. The average Bonchev–Trinajstić information content (AvgIpc) is 3.12. The molecule has 0 fully saturated rings. The number of unbranched alkanes of at least 4 members (excludes halogenated alkanes) is 28. The monoisotopic (exact) mass is 705 g/mol. The number of aliphatic hydroxyl groups excluding tert-OH is 1. The van der Waals surface area contributed by atoms with Crippen LogP contribution in [0.2, 0.25) is 0 Å². The highest BCUT2D eigenvalue weighted by Crippen LogP contribution is 2.15. The third-order valence-corrected chi connectivity index (χ3v) is 9.75. The zero-order valence-corrected chi connectivity index (χ0v) is 33.4. The highest BCUT2D eigenvalue weighted by atomic mass is 16.6. The zero-order chi connectivity index (χ0) is 36.4. The molecular formula is C45H84O5. The molecule has 294 valence electrons. The molecule has 1 N–H and O–H groups in total. The summed E-state index contributed by atoms with van der Waals surface area (Å²) in [6, 6.07) is 0. The highest BCUT2D eigenvalue weighted by molar-refractivity contribution is 5.70. The Hall–Kier alpha value is -1.62. The van der Waals surface area contributed by atoms with Crippen molar-refractivity contribution in [1.29, 1.82) is 0 Å². The summed E-state index contributed by atoms with van der Waals surface area (Å²) in [6.45, 7) is 4.13. The minimum absolute atomic E-state index is 0.0644. The third-order valence-electron chi connectivity index (χ3n) is 9.75. The van der Waals surface area contributed by atoms with Crippen molar-refractivity contribution in [2.75, 3.05) is 13.2 Å². The van der Waals surface area contributed by atoms with Crippen molar-refractivity contribution in [3.8, 4) is 0 Å². The summed E-state index contributed by atoms with van der Waals surface area (Å²) in [7, 11) is 0. The van der Waals surface area contributed by atoms with Crippen molar-refractivity contribution in [1.82, 2.24) is 0 Å². The van der Waals surface area contributed by atoms with Crippen LogP contribution >= 0.6 is 0 Å². The number of rotatable bonds is 40. The number of carbonyl (C=O) groups is 2. The molecule has 0 aromatic carbocycles. The van der Waals surface area contributed by atoms with Gasteiger partial charge < -0.3 is 14.6 Å². The molecule has 1 atom stereocenters. The molecule has 0 amide bonds. The molecule has 0 saturated heterocycles. The summed E-state index contributed by atoms with van der Waals surface area (Å²) in [5.41, 5.74) is 0. The van der Waals surface area contributed by atoms with Gasteiger partial charge in [0.15, 0.2) is 6.10 Å². The van der Waals surface area contributed by atoms with E-state index < -0.39 is 6.10 Å². The van der Waals surface area contributed by atoms with Gasteiger partial charge in [0, 0.05) is 12.8 Å². The number of esters is 2. The van der Waals surface area contributed by atoms with E-state index in [1.165, 1.54) is 154 Å². The molecule has 0 aliphatic heterocycles. The van der Waals surface area contributed by atoms with Crippen LogP contribution in [0.3, 0.4) is 0 Å². The van der Waals surface area contributed by atoms with Gasteiger partial charge in [0.05, 0.1) is 6.61 Å². The van der Waals surface area contributed by atoms with Crippen LogP contribution in [0.15, 0.2) is 24.3 Å². The minimum atomic E-state index is -0.771. The maximum atomic E-state index is 12.2. The van der Waals surface area contributed by atoms with E-state index in [0.29, 0.717) is 12.8 Å². The number of aliphatic hydroxyl groups is 1. The molecule has 0 aliphatic rings. The average molecular weight is 705 g/mol. The number of hydrogen-bond acceptors (Lipinski definition) is 5. The van der Waals surface area contributed by atoms with E-state index in [-0.39, 0.29) is 25.2 Å². The first-order valence-corrected chi connectivity index (χ1v) is 21.9. The quantitative estimate of drug-likeness (QED) is 0.0390. The zero-order valence-electron chi connectivity index (χ0n) is 33.4. The Kier molecular flexibility index (Phi) is 40.4. The molecule has 50 heavy (non-hydrogen) atoms. The van der Waals surface area contributed by atoms with E-state index in [4.69, 9.17) is 9.47 Å². The Balaban J connectivity index is 3.50. The number of carbonyl (C=O) groups excluding carboxylic acids is 2. The molecule has 0 radical (unpaired) electrons. The molecule has 0 aromatic rings. The second-order valence-corrected chi connectivity index (χ2v) is 14.8. The van der Waals surface area contributed by atoms with Gasteiger partial charge in [-0.05, 0) is 44.9 Å². The SMILES string of the molecule is CCCCC/C=C\C/C=C\CCCCCCCCCC(=O)O[C@@H](CO)COC(=O)CCCCCCCCCCCCCCCCCCCCC. The molecule has 0 unspecified atom stereocenters. The number of ether oxygens (including phenoxy) is 2. The van der Waals surface area contributed by atoms with Crippen molar-refractivity contribution >= 4 is 11.9 Å². The molecule has 5 nitrogen and oxygen atoms in total. The molecule has 0 spiro atoms. The van der Waals surface area contributed by atoms with Crippen molar-refractivity contribution in [2.24, 2.45) is 0 Å². The second kappa shape index (κ2) is 41.8. The Morgan fingerprint density at radius 1 is 0.460 bits per heavy atom. The smallest absolute Gasteiger partial charge is 0.306 e. The van der Waals surface area contributed by atoms with Crippen LogP contribution in [-0.4, -0.2) is 36.4 Å². The van der Waals surface area contributed by atoms with Gasteiger partial charge in [-0.2, -0.15) is 0 Å². The topological polar surface area (TPSA) is 72.8 Å². The highest BCUT2D eigenvalue weighted by Gasteiger charge is 2.16. The van der Waals surface area contributed by atoms with Crippen LogP contribution in [0, 0.1) is 0 Å². The maximum Gasteiger partial charge on any atom is 0.306 e. The van der Waals surface area contributed by atoms with Gasteiger partial charge in [0.1, 0.15) is 6.61 Å². The Morgan fingerprint density at radius 3 is 1.22 bits per heavy atom. The molecular weight excluding hydrogens is 620 g/mol. The molecule has 0 aliphatic carbocycles. The first-order chi connectivity index (χ1) is 24.6. The van der Waals surface area contributed by atoms with Crippen LogP contribution in [0.1, 0.15) is 232 Å². The fourth-order valence-corrected chi connectivity index (χ4v) is 6.41. The van der Waals surface area contributed by atoms with E-state index in [1.807, 2.05) is 0 Å². The van der Waals surface area contributed by atoms with E-state index >= 15 is 0 Å². The van der Waals surface area contributed by atoms with Crippen LogP contribution in [-0.2, 0) is 19.1 Å². The largest absolute Gasteiger partial charge is 0.462 e. The molecule has 0 saturated carbocycles. The van der Waals surface area contributed by atoms with Gasteiger partial charge in [-0.1, -0.05) is 199 Å². The predicted octanol–water partition coefficient (Wildman–Crippen LogP) is 13.8. The van der Waals surface area contributed by atoms with Crippen LogP contribution in [0.5, 0.6) is 0 Å². The summed E-state index contributed by atoms with van der Waals surface area (Å²) < 4.78 is 10.6. The van der Waals surface area contributed by atoms with Gasteiger partial charge in [0.25, 0.3) is 0 Å². The van der Waals surface area contributed by atoms with Gasteiger partial charge in [-0.15, -0.1) is 0 Å². The van der Waals surface area contributed by atoms with Gasteiger partial charge in [-0.25, -0.2) is 0 Å². The fourth-order valence-electron chi connectivity index (χ4n) is 6.41. The molecule has 5 heteroatoms. The van der Waals surface area contributed by atoms with Crippen molar-refractivity contribution in [3.05, 3.63) is 24.3 Å². The minimum Gasteiger partial charge on any atom is -0.462 e. The van der Waals surface area contributed by atoms with Gasteiger partial charge in [0.2, 0.25) is 0 Å². The third kappa shape index (κ3) is 39.2.